The Morgan fingerprint density at radius 1 is 0.723 bits per heavy atom. The third kappa shape index (κ3) is 6.39. The van der Waals surface area contributed by atoms with Crippen molar-refractivity contribution in [2.75, 3.05) is 32.2 Å². The highest BCUT2D eigenvalue weighted by molar-refractivity contribution is 7.10. The third-order valence-electron chi connectivity index (χ3n) is 15.2. The van der Waals surface area contributed by atoms with Crippen LogP contribution in [0.5, 0.6) is 0 Å². The molecule has 21 heteroatoms. The zero-order chi connectivity index (χ0) is 47.2. The van der Waals surface area contributed by atoms with Crippen LogP contribution in [0.1, 0.15) is 93.7 Å². The zero-order valence-corrected chi connectivity index (χ0v) is 39.2. The van der Waals surface area contributed by atoms with Crippen LogP contribution in [0.2, 0.25) is 0 Å². The van der Waals surface area contributed by atoms with Crippen molar-refractivity contribution in [2.24, 2.45) is 28.9 Å². The molecular formula is C44H57N9O10S2. The molecule has 0 saturated carbocycles. The zero-order valence-electron chi connectivity index (χ0n) is 37.6. The monoisotopic (exact) mass is 935 g/mol. The van der Waals surface area contributed by atoms with Crippen molar-refractivity contribution in [3.63, 3.8) is 0 Å². The summed E-state index contributed by atoms with van der Waals surface area (Å²) in [4.78, 5) is 98.7. The largest absolute Gasteiger partial charge is 0.412 e. The number of rotatable bonds is 13. The summed E-state index contributed by atoms with van der Waals surface area (Å²) in [6, 6.07) is 6.36. The number of thiazole rings is 2. The maximum absolute atomic E-state index is 14.8. The number of hydrogen-bond donors (Lipinski definition) is 4. The number of nitrogens with two attached hydrogens (primary N) is 4. The molecule has 8 rings (SSSR count). The lowest BCUT2D eigenvalue weighted by atomic mass is 9.72. The number of aromatic nitrogens is 2. The van der Waals surface area contributed by atoms with Crippen LogP contribution < -0.4 is 27.8 Å². The van der Waals surface area contributed by atoms with Crippen molar-refractivity contribution >= 4 is 64.3 Å². The van der Waals surface area contributed by atoms with Gasteiger partial charge in [-0.1, -0.05) is 39.8 Å². The summed E-state index contributed by atoms with van der Waals surface area (Å²) in [6.07, 6.45) is -0.448. The molecule has 9 atom stereocenters. The topological polar surface area (TPSA) is 279 Å². The summed E-state index contributed by atoms with van der Waals surface area (Å²) >= 11 is 2.40. The second-order valence-corrected chi connectivity index (χ2v) is 20.8. The fourth-order valence-corrected chi connectivity index (χ4v) is 14.4. The third-order valence-corrected chi connectivity index (χ3v) is 17.3. The van der Waals surface area contributed by atoms with Gasteiger partial charge in [0.1, 0.15) is 10.0 Å². The molecule has 3 saturated heterocycles. The quantitative estimate of drug-likeness (QED) is 0.142. The van der Waals surface area contributed by atoms with E-state index in [0.29, 0.717) is 53.5 Å². The first kappa shape index (κ1) is 46.5. The molecule has 65 heavy (non-hydrogen) atoms. The molecular weight excluding hydrogens is 879 g/mol. The summed E-state index contributed by atoms with van der Waals surface area (Å²) in [7, 11) is 2.74. The average Bonchev–Trinajstić information content (AvgIpc) is 4.11. The summed E-state index contributed by atoms with van der Waals surface area (Å²) in [6.45, 7) is 10.8. The fourth-order valence-electron chi connectivity index (χ4n) is 12.3. The highest BCUT2D eigenvalue weighted by Gasteiger charge is 2.76. The first-order chi connectivity index (χ1) is 30.6. The number of esters is 2. The van der Waals surface area contributed by atoms with Crippen LogP contribution in [0.4, 0.5) is 15.3 Å². The van der Waals surface area contributed by atoms with E-state index in [-0.39, 0.29) is 37.3 Å². The van der Waals surface area contributed by atoms with Crippen LogP contribution >= 0.6 is 22.7 Å². The predicted octanol–water partition coefficient (Wildman–Crippen LogP) is 2.69. The van der Waals surface area contributed by atoms with Crippen LogP contribution in [0.25, 0.3) is 0 Å². The molecule has 8 N–H and O–H groups in total. The van der Waals surface area contributed by atoms with Crippen molar-refractivity contribution in [3.8, 4) is 0 Å². The molecule has 3 fully saturated rings. The Bertz CT molecular complexity index is 2440. The lowest BCUT2D eigenvalue weighted by Gasteiger charge is -2.56. The minimum Gasteiger partial charge on any atom is -0.375 e. The molecule has 4 bridgehead atoms. The van der Waals surface area contributed by atoms with Gasteiger partial charge in [-0.25, -0.2) is 29.1 Å². The number of hydrogen-bond acceptors (Lipinski definition) is 17. The van der Waals surface area contributed by atoms with Crippen molar-refractivity contribution in [3.05, 3.63) is 62.0 Å². The van der Waals surface area contributed by atoms with Crippen LogP contribution in [0.15, 0.2) is 35.0 Å². The molecule has 0 radical (unpaired) electrons. The predicted molar refractivity (Wildman–Crippen MR) is 237 cm³/mol. The van der Waals surface area contributed by atoms with E-state index in [0.717, 1.165) is 11.3 Å². The molecule has 3 aromatic rings. The lowest BCUT2D eigenvalue weighted by Crippen LogP contribution is -2.78. The number of likely N-dealkylation sites (tertiary alicyclic amines) is 2. The van der Waals surface area contributed by atoms with E-state index < -0.39 is 81.9 Å². The van der Waals surface area contributed by atoms with E-state index in [1.807, 2.05) is 12.1 Å². The Morgan fingerprint density at radius 3 is 1.62 bits per heavy atom. The molecule has 4 amide bonds. The van der Waals surface area contributed by atoms with E-state index in [4.69, 9.17) is 41.9 Å². The van der Waals surface area contributed by atoms with Gasteiger partial charge in [-0.15, -0.1) is 22.7 Å². The first-order valence-electron chi connectivity index (χ1n) is 21.7. The number of methoxy groups -OCH3 is 2. The number of carbonyl (C=O) groups excluding carboxylic acids is 6. The Balaban J connectivity index is 1.33. The summed E-state index contributed by atoms with van der Waals surface area (Å²) in [5, 5.41) is 4.24. The molecule has 7 heterocycles. The van der Waals surface area contributed by atoms with Gasteiger partial charge >= 0.3 is 24.1 Å². The normalized spacial score (nSPS) is 30.5. The maximum Gasteiger partial charge on any atom is 0.412 e. The van der Waals surface area contributed by atoms with Crippen LogP contribution in [-0.4, -0.2) is 118 Å². The van der Waals surface area contributed by atoms with Gasteiger partial charge in [0.25, 0.3) is 11.8 Å². The number of nitrogens with zero attached hydrogens (tertiary/aromatic N) is 5. The molecule has 0 aliphatic carbocycles. The second kappa shape index (κ2) is 16.1. The minimum absolute atomic E-state index is 0.00200. The highest BCUT2D eigenvalue weighted by Crippen LogP contribution is 2.58. The van der Waals surface area contributed by atoms with Crippen LogP contribution in [0, 0.1) is 5.92 Å². The summed E-state index contributed by atoms with van der Waals surface area (Å²) < 4.78 is 22.9. The van der Waals surface area contributed by atoms with Gasteiger partial charge in [-0.3, -0.25) is 19.4 Å². The van der Waals surface area contributed by atoms with E-state index >= 15 is 0 Å². The van der Waals surface area contributed by atoms with Crippen LogP contribution in [0.3, 0.4) is 0 Å². The van der Waals surface area contributed by atoms with Gasteiger partial charge in [0, 0.05) is 74.7 Å². The smallest absolute Gasteiger partial charge is 0.375 e. The highest BCUT2D eigenvalue weighted by atomic mass is 32.1. The van der Waals surface area contributed by atoms with E-state index in [1.165, 1.54) is 36.9 Å². The first-order valence-corrected chi connectivity index (χ1v) is 23.4. The van der Waals surface area contributed by atoms with E-state index in [1.54, 1.807) is 20.6 Å². The lowest BCUT2D eigenvalue weighted by molar-refractivity contribution is -0.192. The number of anilines is 1. The number of ether oxygens (including phenoxy) is 4. The number of amides is 4. The SMILES string of the molecule is CO[C@@]1([C@](C(N)=O)(C(=O)OC(N)=O)N2CCCC2C2CC(C)[C@](C)(C3CCCN3[C@@](C(N)=O)(C(=O)OC(N)=O)[C@]3(OC)Cc4csc3n4)N2c2ccc(C(C)(C)C)cc2)Cc2csc1n2. The molecule has 0 spiro atoms. The summed E-state index contributed by atoms with van der Waals surface area (Å²) in [5.41, 5.74) is 17.3. The van der Waals surface area contributed by atoms with Gasteiger partial charge in [-0.05, 0) is 68.1 Å². The van der Waals surface area contributed by atoms with Crippen molar-refractivity contribution in [1.82, 2.24) is 19.8 Å². The maximum atomic E-state index is 14.8. The summed E-state index contributed by atoms with van der Waals surface area (Å²) in [5.74, 6) is -5.00. The van der Waals surface area contributed by atoms with Crippen molar-refractivity contribution in [1.29, 1.82) is 0 Å². The van der Waals surface area contributed by atoms with Crippen molar-refractivity contribution < 1.29 is 47.7 Å². The van der Waals surface area contributed by atoms with Gasteiger partial charge in [0.05, 0.1) is 16.9 Å². The Hall–Kier alpha value is -5.06. The minimum atomic E-state index is -2.44. The Kier molecular flexibility index (Phi) is 11.5. The van der Waals surface area contributed by atoms with Gasteiger partial charge in [0.2, 0.25) is 11.1 Å². The molecule has 1 aromatic carbocycles. The molecule has 2 aromatic heterocycles. The number of fused-ring (bicyclic) bond motifs is 4. The van der Waals surface area contributed by atoms with E-state index in [9.17, 15) is 28.8 Å². The average molecular weight is 936 g/mol. The van der Waals surface area contributed by atoms with Gasteiger partial charge in [0.15, 0.2) is 11.2 Å². The molecule has 5 aliphatic heterocycles. The fraction of sp³-hybridized carbons (Fsp3) is 0.591. The van der Waals surface area contributed by atoms with Crippen molar-refractivity contribution in [2.45, 2.75) is 131 Å². The number of benzene rings is 1. The van der Waals surface area contributed by atoms with E-state index in [2.05, 4.69) is 61.6 Å². The standard InChI is InChI=1S/C44H57N9O10S2/c1-23-18-29(28-10-8-16-51(28)43(31(45)54,35(56)62-37(47)58)41(60-6)19-25-21-64-33(41)49-25)53(27-14-12-24(13-15-27)39(2,3)4)40(23,5)30-11-9-17-52(30)44(32(46)55,36(57)63-38(48)59)42(61-7)20-26-22-65-34(42)50-26/h12-15,21-23,28-30H,8-11,16-20H2,1-7H3,(H2,45,54)(H2,46,55)(H2,47,58)(H2,48,59)/t23?,28?,29?,30?,40-,41+,42+,43+,44+/m1/s1. The van der Waals surface area contributed by atoms with Gasteiger partial charge < -0.3 is 46.8 Å². The second-order valence-electron chi connectivity index (χ2n) is 19.1. The Morgan fingerprint density at radius 2 is 1.20 bits per heavy atom. The molecule has 4 unspecified atom stereocenters. The number of primary amides is 4. The molecule has 19 nitrogen and oxygen atoms in total. The Labute approximate surface area is 384 Å². The number of carbonyl (C=O) groups is 6. The van der Waals surface area contributed by atoms with Crippen LogP contribution in [-0.2, 0) is 67.6 Å². The molecule has 5 aliphatic rings. The molecule has 350 valence electrons. The van der Waals surface area contributed by atoms with Gasteiger partial charge in [-0.2, -0.15) is 0 Å².